The van der Waals surface area contributed by atoms with Gasteiger partial charge < -0.3 is 14.4 Å². The van der Waals surface area contributed by atoms with Crippen molar-refractivity contribution >= 4 is 23.5 Å². The van der Waals surface area contributed by atoms with Gasteiger partial charge in [0.15, 0.2) is 5.92 Å². The van der Waals surface area contributed by atoms with Crippen molar-refractivity contribution in [2.24, 2.45) is 5.92 Å². The highest BCUT2D eigenvalue weighted by Crippen LogP contribution is 2.43. The van der Waals surface area contributed by atoms with Crippen molar-refractivity contribution < 1.29 is 23.9 Å². The lowest BCUT2D eigenvalue weighted by Gasteiger charge is -2.20. The molecule has 0 aromatic heterocycles. The molecule has 0 fully saturated rings. The number of hydrogen-bond donors (Lipinski definition) is 0. The first kappa shape index (κ1) is 17.0. The molecule has 2 rings (SSSR count). The fourth-order valence-corrected chi connectivity index (χ4v) is 2.95. The normalized spacial score (nSPS) is 16.5. The second kappa shape index (κ2) is 6.81. The van der Waals surface area contributed by atoms with E-state index < -0.39 is 23.8 Å². The van der Waals surface area contributed by atoms with Crippen molar-refractivity contribution in [3.63, 3.8) is 0 Å². The SMILES string of the molecule is CCOC(=O)C(C(=O)OCC)C1C(=O)N(C)c2cccc(C)c21. The second-order valence-electron chi connectivity index (χ2n) is 5.36. The highest BCUT2D eigenvalue weighted by molar-refractivity contribution is 6.11. The van der Waals surface area contributed by atoms with Crippen LogP contribution in [0.2, 0.25) is 0 Å². The number of carbonyl (C=O) groups is 3. The molecule has 124 valence electrons. The third-order valence-corrected chi connectivity index (χ3v) is 3.98. The first-order valence-electron chi connectivity index (χ1n) is 7.64. The van der Waals surface area contributed by atoms with Crippen LogP contribution < -0.4 is 4.90 Å². The highest BCUT2D eigenvalue weighted by atomic mass is 16.6. The maximum atomic E-state index is 12.7. The summed E-state index contributed by atoms with van der Waals surface area (Å²) in [5, 5.41) is 0. The Morgan fingerprint density at radius 1 is 1.17 bits per heavy atom. The van der Waals surface area contributed by atoms with E-state index in [1.165, 1.54) is 4.90 Å². The molecule has 0 aliphatic carbocycles. The summed E-state index contributed by atoms with van der Waals surface area (Å²) >= 11 is 0. The smallest absolute Gasteiger partial charge is 0.321 e. The summed E-state index contributed by atoms with van der Waals surface area (Å²) in [6, 6.07) is 5.49. The Bertz CT molecular complexity index is 622. The van der Waals surface area contributed by atoms with E-state index in [0.29, 0.717) is 11.3 Å². The van der Waals surface area contributed by atoms with Crippen LogP contribution in [0.3, 0.4) is 0 Å². The number of rotatable bonds is 5. The van der Waals surface area contributed by atoms with Crippen LogP contribution in [0.5, 0.6) is 0 Å². The number of benzene rings is 1. The number of nitrogens with zero attached hydrogens (tertiary/aromatic N) is 1. The van der Waals surface area contributed by atoms with E-state index in [-0.39, 0.29) is 19.1 Å². The average Bonchev–Trinajstić information content (AvgIpc) is 2.75. The van der Waals surface area contributed by atoms with Gasteiger partial charge in [0.1, 0.15) is 0 Å². The lowest BCUT2D eigenvalue weighted by atomic mass is 9.84. The topological polar surface area (TPSA) is 72.9 Å². The Kier molecular flexibility index (Phi) is 5.03. The van der Waals surface area contributed by atoms with Crippen molar-refractivity contribution in [2.45, 2.75) is 26.7 Å². The zero-order chi connectivity index (χ0) is 17.1. The van der Waals surface area contributed by atoms with E-state index in [1.54, 1.807) is 27.0 Å². The number of amides is 1. The monoisotopic (exact) mass is 319 g/mol. The standard InChI is InChI=1S/C17H21NO5/c1-5-22-16(20)14(17(21)23-6-2)13-12-10(3)8-7-9-11(12)18(4)15(13)19/h7-9,13-14H,5-6H2,1-4H3. The number of hydrogen-bond acceptors (Lipinski definition) is 5. The summed E-state index contributed by atoms with van der Waals surface area (Å²) in [4.78, 5) is 38.8. The van der Waals surface area contributed by atoms with Crippen LogP contribution in [0.25, 0.3) is 0 Å². The zero-order valence-electron chi connectivity index (χ0n) is 13.8. The van der Waals surface area contributed by atoms with Gasteiger partial charge in [0.25, 0.3) is 0 Å². The zero-order valence-corrected chi connectivity index (χ0v) is 13.8. The fourth-order valence-electron chi connectivity index (χ4n) is 2.95. The van der Waals surface area contributed by atoms with Crippen molar-refractivity contribution in [2.75, 3.05) is 25.2 Å². The number of anilines is 1. The maximum absolute atomic E-state index is 12.7. The second-order valence-corrected chi connectivity index (χ2v) is 5.36. The third-order valence-electron chi connectivity index (χ3n) is 3.98. The number of esters is 2. The first-order valence-corrected chi connectivity index (χ1v) is 7.64. The van der Waals surface area contributed by atoms with E-state index >= 15 is 0 Å². The molecule has 0 saturated heterocycles. The van der Waals surface area contributed by atoms with Crippen LogP contribution in [0.1, 0.15) is 30.9 Å². The Labute approximate surface area is 135 Å². The molecule has 1 aliphatic heterocycles. The molecule has 1 amide bonds. The van der Waals surface area contributed by atoms with E-state index in [4.69, 9.17) is 9.47 Å². The lowest BCUT2D eigenvalue weighted by molar-refractivity contribution is -0.164. The van der Waals surface area contributed by atoms with Crippen LogP contribution in [0.15, 0.2) is 18.2 Å². The number of carbonyl (C=O) groups excluding carboxylic acids is 3. The van der Waals surface area contributed by atoms with Crippen LogP contribution in [-0.2, 0) is 23.9 Å². The van der Waals surface area contributed by atoms with E-state index in [1.807, 2.05) is 19.1 Å². The highest BCUT2D eigenvalue weighted by Gasteiger charge is 2.49. The maximum Gasteiger partial charge on any atom is 0.321 e. The predicted octanol–water partition coefficient (Wildman–Crippen LogP) is 1.80. The van der Waals surface area contributed by atoms with E-state index in [9.17, 15) is 14.4 Å². The summed E-state index contributed by atoms with van der Waals surface area (Å²) in [6.45, 7) is 5.42. The average molecular weight is 319 g/mol. The van der Waals surface area contributed by atoms with Gasteiger partial charge in [0, 0.05) is 12.7 Å². The van der Waals surface area contributed by atoms with Crippen molar-refractivity contribution in [3.8, 4) is 0 Å². The van der Waals surface area contributed by atoms with Gasteiger partial charge in [-0.05, 0) is 38.0 Å². The molecule has 0 spiro atoms. The molecule has 6 nitrogen and oxygen atoms in total. The largest absolute Gasteiger partial charge is 0.465 e. The summed E-state index contributed by atoms with van der Waals surface area (Å²) in [7, 11) is 1.63. The molecule has 1 aromatic carbocycles. The molecule has 0 N–H and O–H groups in total. The van der Waals surface area contributed by atoms with Gasteiger partial charge in [0.2, 0.25) is 5.91 Å². The molecule has 0 saturated carbocycles. The molecule has 0 radical (unpaired) electrons. The van der Waals surface area contributed by atoms with Crippen molar-refractivity contribution in [1.29, 1.82) is 0 Å². The Balaban J connectivity index is 2.53. The lowest BCUT2D eigenvalue weighted by Crippen LogP contribution is -2.38. The third kappa shape index (κ3) is 2.93. The fraction of sp³-hybridized carbons (Fsp3) is 0.471. The molecule has 1 heterocycles. The van der Waals surface area contributed by atoms with E-state index in [0.717, 1.165) is 5.56 Å². The minimum atomic E-state index is -1.29. The van der Waals surface area contributed by atoms with Gasteiger partial charge in [-0.25, -0.2) is 0 Å². The van der Waals surface area contributed by atoms with Crippen LogP contribution in [-0.4, -0.2) is 38.1 Å². The molecule has 1 aromatic rings. The molecule has 0 bridgehead atoms. The van der Waals surface area contributed by atoms with Crippen molar-refractivity contribution in [1.82, 2.24) is 0 Å². The van der Waals surface area contributed by atoms with Crippen LogP contribution in [0, 0.1) is 12.8 Å². The summed E-state index contributed by atoms with van der Waals surface area (Å²) < 4.78 is 10.0. The summed E-state index contributed by atoms with van der Waals surface area (Å²) in [5.41, 5.74) is 2.24. The van der Waals surface area contributed by atoms with Gasteiger partial charge in [0.05, 0.1) is 19.1 Å². The summed E-state index contributed by atoms with van der Waals surface area (Å²) in [6.07, 6.45) is 0. The number of fused-ring (bicyclic) bond motifs is 1. The molecule has 1 aliphatic rings. The molecular formula is C17H21NO5. The van der Waals surface area contributed by atoms with Gasteiger partial charge in [-0.1, -0.05) is 12.1 Å². The molecule has 1 atom stereocenters. The predicted molar refractivity (Wildman–Crippen MR) is 84.1 cm³/mol. The molecule has 1 unspecified atom stereocenters. The van der Waals surface area contributed by atoms with Gasteiger partial charge in [-0.2, -0.15) is 0 Å². The number of aryl methyl sites for hydroxylation is 1. The summed E-state index contributed by atoms with van der Waals surface area (Å²) in [5.74, 6) is -3.95. The van der Waals surface area contributed by atoms with Gasteiger partial charge >= 0.3 is 11.9 Å². The number of ether oxygens (including phenoxy) is 2. The molecular weight excluding hydrogens is 298 g/mol. The Hall–Kier alpha value is -2.37. The van der Waals surface area contributed by atoms with E-state index in [2.05, 4.69) is 0 Å². The quantitative estimate of drug-likeness (QED) is 0.611. The first-order chi connectivity index (χ1) is 10.9. The minimum Gasteiger partial charge on any atom is -0.465 e. The Morgan fingerprint density at radius 3 is 2.26 bits per heavy atom. The molecule has 6 heteroatoms. The Morgan fingerprint density at radius 2 is 1.74 bits per heavy atom. The van der Waals surface area contributed by atoms with Gasteiger partial charge in [-0.15, -0.1) is 0 Å². The van der Waals surface area contributed by atoms with Gasteiger partial charge in [-0.3, -0.25) is 14.4 Å². The molecule has 23 heavy (non-hydrogen) atoms. The van der Waals surface area contributed by atoms with Crippen molar-refractivity contribution in [3.05, 3.63) is 29.3 Å². The van der Waals surface area contributed by atoms with Crippen LogP contribution >= 0.6 is 0 Å². The number of likely N-dealkylation sites (N-methyl/N-ethyl adjacent to an activating group) is 1. The van der Waals surface area contributed by atoms with Crippen LogP contribution in [0.4, 0.5) is 5.69 Å². The minimum absolute atomic E-state index is 0.131.